The van der Waals surface area contributed by atoms with Gasteiger partial charge in [-0.15, -0.1) is 0 Å². The average Bonchev–Trinajstić information content (AvgIpc) is 2.55. The van der Waals surface area contributed by atoms with E-state index in [-0.39, 0.29) is 18.1 Å². The van der Waals surface area contributed by atoms with Crippen LogP contribution in [0.15, 0.2) is 60.8 Å². The molecule has 0 bridgehead atoms. The van der Waals surface area contributed by atoms with Crippen LogP contribution >= 0.6 is 23.2 Å². The molecule has 0 saturated heterocycles. The van der Waals surface area contributed by atoms with Crippen LogP contribution in [0.4, 0.5) is 21.6 Å². The van der Waals surface area contributed by atoms with Crippen molar-refractivity contribution in [1.82, 2.24) is 4.98 Å². The third kappa shape index (κ3) is 5.18. The summed E-state index contributed by atoms with van der Waals surface area (Å²) in [5.41, 5.74) is 1.85. The van der Waals surface area contributed by atoms with Crippen LogP contribution in [0.1, 0.15) is 5.56 Å². The Morgan fingerprint density at radius 3 is 2.42 bits per heavy atom. The van der Waals surface area contributed by atoms with E-state index in [0.29, 0.717) is 32.8 Å². The Labute approximate surface area is 160 Å². The van der Waals surface area contributed by atoms with Gasteiger partial charge in [-0.2, -0.15) is 0 Å². The zero-order valence-electron chi connectivity index (χ0n) is 13.5. The standard InChI is InChI=1S/C19H14Cl2FN3O/c20-13-8-14(21)10-17(9-13)24-18-5-4-16(11-23-18)25-19(26)7-12-2-1-3-15(22)6-12/h1-6,8-11H,7H2,(H,23,24)(H,25,26). The summed E-state index contributed by atoms with van der Waals surface area (Å²) >= 11 is 11.9. The van der Waals surface area contributed by atoms with Crippen molar-refractivity contribution >= 4 is 46.3 Å². The van der Waals surface area contributed by atoms with E-state index in [1.165, 1.54) is 18.3 Å². The third-order valence-electron chi connectivity index (χ3n) is 3.44. The van der Waals surface area contributed by atoms with Crippen molar-refractivity contribution in [2.45, 2.75) is 6.42 Å². The van der Waals surface area contributed by atoms with E-state index in [0.717, 1.165) is 0 Å². The molecule has 3 aromatic rings. The molecule has 0 aliphatic rings. The lowest BCUT2D eigenvalue weighted by molar-refractivity contribution is -0.115. The Balaban J connectivity index is 1.61. The van der Waals surface area contributed by atoms with Gasteiger partial charge in [0.15, 0.2) is 0 Å². The fourth-order valence-corrected chi connectivity index (χ4v) is 2.88. The lowest BCUT2D eigenvalue weighted by Crippen LogP contribution is -2.14. The summed E-state index contributed by atoms with van der Waals surface area (Å²) < 4.78 is 13.2. The van der Waals surface area contributed by atoms with Gasteiger partial charge in [0, 0.05) is 15.7 Å². The van der Waals surface area contributed by atoms with Gasteiger partial charge in [-0.05, 0) is 48.0 Å². The number of halogens is 3. The molecule has 3 rings (SSSR count). The number of aromatic nitrogens is 1. The van der Waals surface area contributed by atoms with Crippen molar-refractivity contribution in [1.29, 1.82) is 0 Å². The minimum absolute atomic E-state index is 0.0821. The average molecular weight is 390 g/mol. The summed E-state index contributed by atoms with van der Waals surface area (Å²) in [5.74, 6) is -0.0419. The lowest BCUT2D eigenvalue weighted by Gasteiger charge is -2.09. The smallest absolute Gasteiger partial charge is 0.228 e. The second-order valence-corrected chi connectivity index (χ2v) is 6.44. The Bertz CT molecular complexity index is 912. The molecular weight excluding hydrogens is 376 g/mol. The summed E-state index contributed by atoms with van der Waals surface area (Å²) in [6.07, 6.45) is 1.61. The summed E-state index contributed by atoms with van der Waals surface area (Å²) in [4.78, 5) is 16.3. The van der Waals surface area contributed by atoms with Gasteiger partial charge in [-0.1, -0.05) is 35.3 Å². The molecule has 0 radical (unpaired) electrons. The molecule has 7 heteroatoms. The first-order valence-corrected chi connectivity index (χ1v) is 8.47. The third-order valence-corrected chi connectivity index (χ3v) is 3.87. The predicted molar refractivity (Wildman–Crippen MR) is 103 cm³/mol. The number of nitrogens with one attached hydrogen (secondary N) is 2. The largest absolute Gasteiger partial charge is 0.340 e. The van der Waals surface area contributed by atoms with Crippen LogP contribution in [-0.4, -0.2) is 10.9 Å². The van der Waals surface area contributed by atoms with Crippen LogP contribution in [0.3, 0.4) is 0 Å². The van der Waals surface area contributed by atoms with Crippen LogP contribution in [-0.2, 0) is 11.2 Å². The molecule has 0 atom stereocenters. The quantitative estimate of drug-likeness (QED) is 0.609. The highest BCUT2D eigenvalue weighted by Gasteiger charge is 2.06. The number of hydrogen-bond acceptors (Lipinski definition) is 3. The minimum atomic E-state index is -0.367. The molecule has 1 amide bonds. The van der Waals surface area contributed by atoms with E-state index in [1.54, 1.807) is 42.5 Å². The number of carbonyl (C=O) groups excluding carboxylic acids is 1. The SMILES string of the molecule is O=C(Cc1cccc(F)c1)Nc1ccc(Nc2cc(Cl)cc(Cl)c2)nc1. The topological polar surface area (TPSA) is 54.0 Å². The highest BCUT2D eigenvalue weighted by molar-refractivity contribution is 6.35. The van der Waals surface area contributed by atoms with Gasteiger partial charge >= 0.3 is 0 Å². The number of benzene rings is 2. The van der Waals surface area contributed by atoms with Gasteiger partial charge in [-0.3, -0.25) is 4.79 Å². The Kier molecular flexibility index (Phi) is 5.71. The first-order valence-electron chi connectivity index (χ1n) is 7.71. The highest BCUT2D eigenvalue weighted by atomic mass is 35.5. The molecule has 0 aliphatic carbocycles. The molecule has 0 fully saturated rings. The van der Waals surface area contributed by atoms with Crippen LogP contribution in [0.5, 0.6) is 0 Å². The predicted octanol–water partition coefficient (Wildman–Crippen LogP) is 5.45. The molecule has 2 aromatic carbocycles. The normalized spacial score (nSPS) is 10.4. The van der Waals surface area contributed by atoms with Gasteiger partial charge in [0.1, 0.15) is 11.6 Å². The maximum absolute atomic E-state index is 13.2. The van der Waals surface area contributed by atoms with E-state index in [9.17, 15) is 9.18 Å². The Morgan fingerprint density at radius 1 is 1.00 bits per heavy atom. The number of nitrogens with zero attached hydrogens (tertiary/aromatic N) is 1. The first-order chi connectivity index (χ1) is 12.5. The number of carbonyl (C=O) groups is 1. The van der Waals surface area contributed by atoms with Gasteiger partial charge in [0.25, 0.3) is 0 Å². The summed E-state index contributed by atoms with van der Waals surface area (Å²) in [7, 11) is 0. The molecule has 132 valence electrons. The van der Waals surface area contributed by atoms with Crippen LogP contribution < -0.4 is 10.6 Å². The molecule has 0 saturated carbocycles. The van der Waals surface area contributed by atoms with E-state index >= 15 is 0 Å². The second kappa shape index (κ2) is 8.17. The molecule has 4 nitrogen and oxygen atoms in total. The lowest BCUT2D eigenvalue weighted by atomic mass is 10.1. The van der Waals surface area contributed by atoms with Gasteiger partial charge in [0.05, 0.1) is 18.3 Å². The maximum Gasteiger partial charge on any atom is 0.228 e. The Hall–Kier alpha value is -2.63. The molecule has 0 spiro atoms. The summed E-state index contributed by atoms with van der Waals surface area (Å²) in [5, 5.41) is 6.83. The molecular formula is C19H14Cl2FN3O. The first kappa shape index (κ1) is 18.2. The van der Waals surface area contributed by atoms with E-state index in [2.05, 4.69) is 15.6 Å². The maximum atomic E-state index is 13.2. The fourth-order valence-electron chi connectivity index (χ4n) is 2.35. The van der Waals surface area contributed by atoms with Crippen molar-refractivity contribution in [3.63, 3.8) is 0 Å². The number of rotatable bonds is 5. The van der Waals surface area contributed by atoms with Crippen LogP contribution in [0, 0.1) is 5.82 Å². The molecule has 0 aliphatic heterocycles. The summed E-state index contributed by atoms with van der Waals surface area (Å²) in [6.45, 7) is 0. The van der Waals surface area contributed by atoms with E-state index in [4.69, 9.17) is 23.2 Å². The summed E-state index contributed by atoms with van der Waals surface area (Å²) in [6, 6.07) is 14.5. The highest BCUT2D eigenvalue weighted by Crippen LogP contribution is 2.25. The van der Waals surface area contributed by atoms with Crippen LogP contribution in [0.2, 0.25) is 10.0 Å². The van der Waals surface area contributed by atoms with Crippen molar-refractivity contribution in [2.24, 2.45) is 0 Å². The number of hydrogen-bond donors (Lipinski definition) is 2. The zero-order chi connectivity index (χ0) is 18.5. The van der Waals surface area contributed by atoms with Crippen molar-refractivity contribution in [3.8, 4) is 0 Å². The van der Waals surface area contributed by atoms with Crippen LogP contribution in [0.25, 0.3) is 0 Å². The van der Waals surface area contributed by atoms with E-state index < -0.39 is 0 Å². The molecule has 0 unspecified atom stereocenters. The monoisotopic (exact) mass is 389 g/mol. The number of pyridine rings is 1. The second-order valence-electron chi connectivity index (χ2n) is 5.57. The number of amides is 1. The zero-order valence-corrected chi connectivity index (χ0v) is 15.0. The van der Waals surface area contributed by atoms with Gasteiger partial charge in [-0.25, -0.2) is 9.37 Å². The minimum Gasteiger partial charge on any atom is -0.340 e. The van der Waals surface area contributed by atoms with E-state index in [1.807, 2.05) is 0 Å². The number of anilines is 3. The Morgan fingerprint density at radius 2 is 1.77 bits per heavy atom. The van der Waals surface area contributed by atoms with Crippen molar-refractivity contribution in [2.75, 3.05) is 10.6 Å². The molecule has 2 N–H and O–H groups in total. The van der Waals surface area contributed by atoms with Crippen molar-refractivity contribution in [3.05, 3.63) is 82.2 Å². The van der Waals surface area contributed by atoms with Crippen molar-refractivity contribution < 1.29 is 9.18 Å². The van der Waals surface area contributed by atoms with Gasteiger partial charge in [0.2, 0.25) is 5.91 Å². The fraction of sp³-hybridized carbons (Fsp3) is 0.0526. The van der Waals surface area contributed by atoms with Gasteiger partial charge < -0.3 is 10.6 Å². The molecule has 1 aromatic heterocycles. The molecule has 26 heavy (non-hydrogen) atoms. The molecule has 1 heterocycles.